The zero-order valence-electron chi connectivity index (χ0n) is 10.3. The van der Waals surface area contributed by atoms with Crippen molar-refractivity contribution in [3.63, 3.8) is 0 Å². The van der Waals surface area contributed by atoms with E-state index in [0.29, 0.717) is 5.56 Å². The number of hydrogen-bond donors (Lipinski definition) is 0. The van der Waals surface area contributed by atoms with Crippen molar-refractivity contribution in [1.82, 2.24) is 9.55 Å². The molecule has 1 aromatic carbocycles. The zero-order chi connectivity index (χ0) is 13.1. The van der Waals surface area contributed by atoms with Gasteiger partial charge in [0.05, 0.1) is 6.04 Å². The van der Waals surface area contributed by atoms with Crippen molar-refractivity contribution in [2.24, 2.45) is 0 Å². The first-order valence-electron chi connectivity index (χ1n) is 5.67. The zero-order valence-corrected chi connectivity index (χ0v) is 10.3. The molecular weight excluding hydrogens is 226 g/mol. The van der Waals surface area contributed by atoms with E-state index in [0.717, 1.165) is 5.56 Å². The maximum Gasteiger partial charge on any atom is 0.213 e. The first-order valence-corrected chi connectivity index (χ1v) is 5.67. The summed E-state index contributed by atoms with van der Waals surface area (Å²) in [5, 5.41) is 8.90. The molecule has 0 amide bonds. The van der Waals surface area contributed by atoms with Crippen LogP contribution in [-0.4, -0.2) is 15.3 Å². The highest BCUT2D eigenvalue weighted by Gasteiger charge is 2.18. The Morgan fingerprint density at radius 3 is 2.67 bits per heavy atom. The lowest BCUT2D eigenvalue weighted by molar-refractivity contribution is 0.0934. The van der Waals surface area contributed by atoms with Gasteiger partial charge < -0.3 is 4.57 Å². The second-order valence-electron chi connectivity index (χ2n) is 4.18. The summed E-state index contributed by atoms with van der Waals surface area (Å²) >= 11 is 0. The van der Waals surface area contributed by atoms with Crippen LogP contribution in [0.15, 0.2) is 36.7 Å². The summed E-state index contributed by atoms with van der Waals surface area (Å²) in [6.45, 7) is 3.74. The van der Waals surface area contributed by atoms with Gasteiger partial charge in [-0.1, -0.05) is 29.8 Å². The van der Waals surface area contributed by atoms with E-state index in [4.69, 9.17) is 5.26 Å². The summed E-state index contributed by atoms with van der Waals surface area (Å²) in [6, 6.07) is 8.95. The van der Waals surface area contributed by atoms with Gasteiger partial charge in [0, 0.05) is 18.0 Å². The van der Waals surface area contributed by atoms with Crippen molar-refractivity contribution < 1.29 is 4.79 Å². The number of nitrogens with zero attached hydrogens (tertiary/aromatic N) is 3. The van der Waals surface area contributed by atoms with E-state index >= 15 is 0 Å². The Balaban J connectivity index is 2.30. The molecule has 0 aliphatic carbocycles. The molecule has 1 aromatic heterocycles. The molecule has 0 aliphatic heterocycles. The van der Waals surface area contributed by atoms with E-state index in [2.05, 4.69) is 4.98 Å². The van der Waals surface area contributed by atoms with Crippen LogP contribution in [0.4, 0.5) is 0 Å². The van der Waals surface area contributed by atoms with Crippen molar-refractivity contribution in [3.05, 3.63) is 53.6 Å². The summed E-state index contributed by atoms with van der Waals surface area (Å²) in [7, 11) is 0. The maximum atomic E-state index is 12.3. The number of rotatable bonds is 3. The van der Waals surface area contributed by atoms with Crippen molar-refractivity contribution in [2.75, 3.05) is 0 Å². The molecule has 90 valence electrons. The minimum absolute atomic E-state index is 0.0236. The first-order chi connectivity index (χ1) is 8.63. The lowest BCUT2D eigenvalue weighted by atomic mass is 10.0. The summed E-state index contributed by atoms with van der Waals surface area (Å²) in [6.07, 6.45) is 3.17. The van der Waals surface area contributed by atoms with Gasteiger partial charge in [0.25, 0.3) is 0 Å². The van der Waals surface area contributed by atoms with Crippen LogP contribution in [0.1, 0.15) is 34.7 Å². The fraction of sp³-hybridized carbons (Fsp3) is 0.214. The smallest absolute Gasteiger partial charge is 0.213 e. The average Bonchev–Trinajstić information content (AvgIpc) is 2.86. The van der Waals surface area contributed by atoms with Crippen molar-refractivity contribution in [1.29, 1.82) is 5.26 Å². The average molecular weight is 239 g/mol. The number of carbonyl (C=O) groups excluding carboxylic acids is 1. The van der Waals surface area contributed by atoms with Gasteiger partial charge in [-0.05, 0) is 13.8 Å². The van der Waals surface area contributed by atoms with Crippen LogP contribution >= 0.6 is 0 Å². The summed E-state index contributed by atoms with van der Waals surface area (Å²) in [5.74, 6) is 0.229. The highest BCUT2D eigenvalue weighted by Crippen LogP contribution is 2.16. The van der Waals surface area contributed by atoms with Crippen molar-refractivity contribution in [3.8, 4) is 6.07 Å². The lowest BCUT2D eigenvalue weighted by Crippen LogP contribution is -2.17. The minimum Gasteiger partial charge on any atom is -0.312 e. The van der Waals surface area contributed by atoms with Gasteiger partial charge in [0.15, 0.2) is 5.78 Å². The number of Topliss-reactive ketones (excluding diaryl/α,β-unsaturated/α-hetero) is 1. The molecule has 0 aliphatic rings. The van der Waals surface area contributed by atoms with Crippen LogP contribution in [0.2, 0.25) is 0 Å². The number of benzene rings is 1. The van der Waals surface area contributed by atoms with Crippen molar-refractivity contribution >= 4 is 5.78 Å². The molecule has 0 saturated heterocycles. The molecule has 1 heterocycles. The van der Waals surface area contributed by atoms with E-state index in [1.807, 2.05) is 25.1 Å². The van der Waals surface area contributed by atoms with Gasteiger partial charge in [-0.3, -0.25) is 4.79 Å². The van der Waals surface area contributed by atoms with Crippen LogP contribution < -0.4 is 0 Å². The molecule has 0 N–H and O–H groups in total. The third-order valence-corrected chi connectivity index (χ3v) is 2.90. The third-order valence-electron chi connectivity index (χ3n) is 2.90. The summed E-state index contributed by atoms with van der Waals surface area (Å²) in [5.41, 5.74) is 1.75. The number of aromatic nitrogens is 2. The molecule has 4 nitrogen and oxygen atoms in total. The van der Waals surface area contributed by atoms with Crippen LogP contribution in [0.3, 0.4) is 0 Å². The topological polar surface area (TPSA) is 58.7 Å². The van der Waals surface area contributed by atoms with Gasteiger partial charge in [-0.2, -0.15) is 5.26 Å². The monoisotopic (exact) mass is 239 g/mol. The number of aryl methyl sites for hydroxylation is 1. The molecule has 0 radical (unpaired) electrons. The van der Waals surface area contributed by atoms with Crippen molar-refractivity contribution in [2.45, 2.75) is 19.9 Å². The molecule has 1 atom stereocenters. The Labute approximate surface area is 106 Å². The minimum atomic E-state index is -0.426. The Morgan fingerprint density at radius 1 is 1.39 bits per heavy atom. The summed E-state index contributed by atoms with van der Waals surface area (Å²) in [4.78, 5) is 16.2. The third kappa shape index (κ3) is 2.16. The molecule has 2 aromatic rings. The van der Waals surface area contributed by atoms with E-state index in [-0.39, 0.29) is 11.6 Å². The van der Waals surface area contributed by atoms with Gasteiger partial charge in [0.1, 0.15) is 6.07 Å². The SMILES string of the molecule is Cc1ccc(C(=O)C(C)n2ccnc2C#N)cc1. The summed E-state index contributed by atoms with van der Waals surface area (Å²) < 4.78 is 1.59. The fourth-order valence-electron chi connectivity index (χ4n) is 1.80. The van der Waals surface area contributed by atoms with Crippen LogP contribution in [0.5, 0.6) is 0 Å². The van der Waals surface area contributed by atoms with Crippen LogP contribution in [0.25, 0.3) is 0 Å². The number of nitriles is 1. The largest absolute Gasteiger partial charge is 0.312 e. The Morgan fingerprint density at radius 2 is 2.06 bits per heavy atom. The second kappa shape index (κ2) is 4.84. The molecule has 4 heteroatoms. The maximum absolute atomic E-state index is 12.3. The lowest BCUT2D eigenvalue weighted by Gasteiger charge is -2.13. The quantitative estimate of drug-likeness (QED) is 0.773. The van der Waals surface area contributed by atoms with E-state index in [9.17, 15) is 4.79 Å². The predicted molar refractivity (Wildman–Crippen MR) is 67.2 cm³/mol. The Bertz CT molecular complexity index is 605. The highest BCUT2D eigenvalue weighted by atomic mass is 16.1. The molecule has 0 fully saturated rings. The Hall–Kier alpha value is -2.41. The normalized spacial score (nSPS) is 11.8. The van der Waals surface area contributed by atoms with E-state index in [1.165, 1.54) is 6.20 Å². The first kappa shape index (κ1) is 12.1. The predicted octanol–water partition coefficient (Wildman–Crippen LogP) is 2.51. The van der Waals surface area contributed by atoms with E-state index < -0.39 is 6.04 Å². The number of imidazole rings is 1. The molecule has 2 rings (SSSR count). The number of ketones is 1. The molecule has 0 spiro atoms. The molecular formula is C14H13N3O. The number of carbonyl (C=O) groups is 1. The van der Waals surface area contributed by atoms with Gasteiger partial charge in [-0.25, -0.2) is 4.98 Å². The van der Waals surface area contributed by atoms with Crippen LogP contribution in [0, 0.1) is 18.3 Å². The Kier molecular flexibility index (Phi) is 3.24. The van der Waals surface area contributed by atoms with Crippen LogP contribution in [-0.2, 0) is 0 Å². The molecule has 0 bridgehead atoms. The van der Waals surface area contributed by atoms with Gasteiger partial charge >= 0.3 is 0 Å². The fourth-order valence-corrected chi connectivity index (χ4v) is 1.80. The van der Waals surface area contributed by atoms with E-state index in [1.54, 1.807) is 29.8 Å². The highest BCUT2D eigenvalue weighted by molar-refractivity contribution is 5.98. The van der Waals surface area contributed by atoms with Gasteiger partial charge in [0.2, 0.25) is 5.82 Å². The molecule has 0 saturated carbocycles. The second-order valence-corrected chi connectivity index (χ2v) is 4.18. The number of hydrogen-bond acceptors (Lipinski definition) is 3. The van der Waals surface area contributed by atoms with Gasteiger partial charge in [-0.15, -0.1) is 0 Å². The molecule has 1 unspecified atom stereocenters. The molecule has 18 heavy (non-hydrogen) atoms. The standard InChI is InChI=1S/C14H13N3O/c1-10-3-5-12(6-4-10)14(18)11(2)17-8-7-16-13(17)9-15/h3-8,11H,1-2H3.